The maximum absolute atomic E-state index is 11.9. The number of aromatic nitrogens is 1. The third-order valence-electron chi connectivity index (χ3n) is 3.34. The Morgan fingerprint density at radius 3 is 2.74 bits per heavy atom. The third kappa shape index (κ3) is 3.60. The molecule has 104 valence electrons. The van der Waals surface area contributed by atoms with Gasteiger partial charge >= 0.3 is 0 Å². The molecule has 1 fully saturated rings. The number of hydrogen-bond acceptors (Lipinski definition) is 3. The second-order valence-electron chi connectivity index (χ2n) is 5.23. The normalized spacial score (nSPS) is 16.7. The predicted octanol–water partition coefficient (Wildman–Crippen LogP) is 2.48. The van der Waals surface area contributed by atoms with Gasteiger partial charge in [0.2, 0.25) is 5.91 Å². The van der Waals surface area contributed by atoms with E-state index < -0.39 is 0 Å². The van der Waals surface area contributed by atoms with Gasteiger partial charge in [0.25, 0.3) is 0 Å². The number of rotatable bonds is 3. The number of pyridine rings is 1. The van der Waals surface area contributed by atoms with E-state index in [-0.39, 0.29) is 17.9 Å². The van der Waals surface area contributed by atoms with Crippen LogP contribution in [0.2, 0.25) is 5.02 Å². The Kier molecular flexibility index (Phi) is 4.64. The summed E-state index contributed by atoms with van der Waals surface area (Å²) in [4.78, 5) is 18.4. The van der Waals surface area contributed by atoms with Crippen LogP contribution in [0.3, 0.4) is 0 Å². The van der Waals surface area contributed by atoms with Crippen LogP contribution in [0.4, 0.5) is 5.82 Å². The van der Waals surface area contributed by atoms with E-state index in [1.807, 2.05) is 26.0 Å². The van der Waals surface area contributed by atoms with Crippen molar-refractivity contribution in [1.29, 1.82) is 0 Å². The molecule has 0 spiro atoms. The van der Waals surface area contributed by atoms with Gasteiger partial charge in [-0.3, -0.25) is 4.79 Å². The molecule has 0 saturated carbocycles. The van der Waals surface area contributed by atoms with Gasteiger partial charge in [0.1, 0.15) is 5.82 Å². The average Bonchev–Trinajstić information content (AvgIpc) is 2.39. The Labute approximate surface area is 119 Å². The Hall–Kier alpha value is -1.29. The summed E-state index contributed by atoms with van der Waals surface area (Å²) >= 11 is 6.14. The van der Waals surface area contributed by atoms with Gasteiger partial charge in [0, 0.05) is 31.2 Å². The summed E-state index contributed by atoms with van der Waals surface area (Å²) in [5.41, 5.74) is 0. The zero-order chi connectivity index (χ0) is 13.8. The maximum atomic E-state index is 11.9. The Morgan fingerprint density at radius 2 is 2.16 bits per heavy atom. The lowest BCUT2D eigenvalue weighted by molar-refractivity contribution is -0.126. The molecular formula is C14H20ClN3O. The van der Waals surface area contributed by atoms with Crippen molar-refractivity contribution in [2.24, 2.45) is 5.92 Å². The summed E-state index contributed by atoms with van der Waals surface area (Å²) < 4.78 is 0. The van der Waals surface area contributed by atoms with Gasteiger partial charge in [0.05, 0.1) is 5.02 Å². The van der Waals surface area contributed by atoms with Crippen molar-refractivity contribution < 1.29 is 4.79 Å². The molecule has 0 unspecified atom stereocenters. The van der Waals surface area contributed by atoms with Crippen molar-refractivity contribution in [3.63, 3.8) is 0 Å². The van der Waals surface area contributed by atoms with Crippen LogP contribution < -0.4 is 10.2 Å². The zero-order valence-electron chi connectivity index (χ0n) is 11.4. The molecule has 1 saturated heterocycles. The number of halogens is 1. The van der Waals surface area contributed by atoms with Crippen LogP contribution in [0.1, 0.15) is 26.7 Å². The molecule has 0 atom stereocenters. The number of nitrogens with zero attached hydrogens (tertiary/aromatic N) is 2. The first-order valence-electron chi connectivity index (χ1n) is 6.73. The highest BCUT2D eigenvalue weighted by Crippen LogP contribution is 2.27. The average molecular weight is 282 g/mol. The smallest absolute Gasteiger partial charge is 0.223 e. The fourth-order valence-electron chi connectivity index (χ4n) is 2.37. The van der Waals surface area contributed by atoms with Crippen LogP contribution in [-0.2, 0) is 4.79 Å². The highest BCUT2D eigenvalue weighted by Gasteiger charge is 2.26. The fraction of sp³-hybridized carbons (Fsp3) is 0.571. The van der Waals surface area contributed by atoms with Gasteiger partial charge in [-0.05, 0) is 38.8 Å². The molecule has 5 heteroatoms. The summed E-state index contributed by atoms with van der Waals surface area (Å²) in [6, 6.07) is 3.88. The first-order valence-corrected chi connectivity index (χ1v) is 7.11. The molecule has 19 heavy (non-hydrogen) atoms. The first kappa shape index (κ1) is 14.1. The van der Waals surface area contributed by atoms with Crippen molar-refractivity contribution >= 4 is 23.3 Å². The monoisotopic (exact) mass is 281 g/mol. The molecule has 0 bridgehead atoms. The minimum atomic E-state index is 0.112. The molecular weight excluding hydrogens is 262 g/mol. The van der Waals surface area contributed by atoms with E-state index in [9.17, 15) is 4.79 Å². The molecule has 0 radical (unpaired) electrons. The minimum Gasteiger partial charge on any atom is -0.355 e. The largest absolute Gasteiger partial charge is 0.355 e. The predicted molar refractivity (Wildman–Crippen MR) is 77.5 cm³/mol. The SMILES string of the molecule is CC(C)NC(=O)C1CCN(c2ncccc2Cl)CC1. The quantitative estimate of drug-likeness (QED) is 0.926. The summed E-state index contributed by atoms with van der Waals surface area (Å²) in [5.74, 6) is 1.11. The molecule has 4 nitrogen and oxygen atoms in total. The van der Waals surface area contributed by atoms with E-state index in [4.69, 9.17) is 11.6 Å². The van der Waals surface area contributed by atoms with Crippen LogP contribution >= 0.6 is 11.6 Å². The molecule has 1 aromatic rings. The summed E-state index contributed by atoms with van der Waals surface area (Å²) in [6.45, 7) is 5.63. The molecule has 2 heterocycles. The molecule has 1 amide bonds. The number of carbonyl (C=O) groups excluding carboxylic acids is 1. The molecule has 1 aliphatic heterocycles. The molecule has 1 aliphatic rings. The van der Waals surface area contributed by atoms with Crippen molar-refractivity contribution in [3.8, 4) is 0 Å². The topological polar surface area (TPSA) is 45.2 Å². The van der Waals surface area contributed by atoms with E-state index in [1.165, 1.54) is 0 Å². The zero-order valence-corrected chi connectivity index (χ0v) is 12.2. The lowest BCUT2D eigenvalue weighted by Crippen LogP contribution is -2.42. The fourth-order valence-corrected chi connectivity index (χ4v) is 2.61. The number of carbonyl (C=O) groups is 1. The molecule has 1 aromatic heterocycles. The van der Waals surface area contributed by atoms with Crippen LogP contribution in [-0.4, -0.2) is 30.0 Å². The van der Waals surface area contributed by atoms with E-state index in [1.54, 1.807) is 6.20 Å². The number of anilines is 1. The Bertz CT molecular complexity index is 442. The van der Waals surface area contributed by atoms with Crippen LogP contribution in [0.25, 0.3) is 0 Å². The number of hydrogen-bond donors (Lipinski definition) is 1. The first-order chi connectivity index (χ1) is 9.08. The lowest BCUT2D eigenvalue weighted by atomic mass is 9.95. The Morgan fingerprint density at radius 1 is 1.47 bits per heavy atom. The van der Waals surface area contributed by atoms with Crippen LogP contribution in [0, 0.1) is 5.92 Å². The van der Waals surface area contributed by atoms with E-state index >= 15 is 0 Å². The van der Waals surface area contributed by atoms with Crippen molar-refractivity contribution in [2.75, 3.05) is 18.0 Å². The maximum Gasteiger partial charge on any atom is 0.223 e. The van der Waals surface area contributed by atoms with Crippen molar-refractivity contribution in [1.82, 2.24) is 10.3 Å². The van der Waals surface area contributed by atoms with Crippen molar-refractivity contribution in [3.05, 3.63) is 23.4 Å². The highest BCUT2D eigenvalue weighted by atomic mass is 35.5. The van der Waals surface area contributed by atoms with Gasteiger partial charge in [-0.15, -0.1) is 0 Å². The molecule has 0 aromatic carbocycles. The van der Waals surface area contributed by atoms with Gasteiger partial charge in [0.15, 0.2) is 0 Å². The standard InChI is InChI=1S/C14H20ClN3O/c1-10(2)17-14(19)11-5-8-18(9-6-11)13-12(15)4-3-7-16-13/h3-4,7,10-11H,5-6,8-9H2,1-2H3,(H,17,19). The Balaban J connectivity index is 1.93. The van der Waals surface area contributed by atoms with Crippen LogP contribution in [0.15, 0.2) is 18.3 Å². The van der Waals surface area contributed by atoms with Gasteiger partial charge in [-0.2, -0.15) is 0 Å². The highest BCUT2D eigenvalue weighted by molar-refractivity contribution is 6.32. The van der Waals surface area contributed by atoms with Gasteiger partial charge in [-0.1, -0.05) is 11.6 Å². The van der Waals surface area contributed by atoms with Crippen LogP contribution in [0.5, 0.6) is 0 Å². The van der Waals surface area contributed by atoms with E-state index in [0.29, 0.717) is 5.02 Å². The summed E-state index contributed by atoms with van der Waals surface area (Å²) in [6.07, 6.45) is 3.45. The third-order valence-corrected chi connectivity index (χ3v) is 3.63. The van der Waals surface area contributed by atoms with Crippen molar-refractivity contribution in [2.45, 2.75) is 32.7 Å². The summed E-state index contributed by atoms with van der Waals surface area (Å²) in [7, 11) is 0. The second-order valence-corrected chi connectivity index (χ2v) is 5.64. The molecule has 1 N–H and O–H groups in total. The minimum absolute atomic E-state index is 0.112. The second kappa shape index (κ2) is 6.24. The number of piperidine rings is 1. The lowest BCUT2D eigenvalue weighted by Gasteiger charge is -2.32. The number of amides is 1. The van der Waals surface area contributed by atoms with Gasteiger partial charge in [-0.25, -0.2) is 4.98 Å². The molecule has 0 aliphatic carbocycles. The number of nitrogens with one attached hydrogen (secondary N) is 1. The van der Waals surface area contributed by atoms with E-state index in [2.05, 4.69) is 15.2 Å². The molecule has 2 rings (SSSR count). The van der Waals surface area contributed by atoms with E-state index in [0.717, 1.165) is 31.7 Å². The van der Waals surface area contributed by atoms with Gasteiger partial charge < -0.3 is 10.2 Å². The summed E-state index contributed by atoms with van der Waals surface area (Å²) in [5, 5.41) is 3.65.